The summed E-state index contributed by atoms with van der Waals surface area (Å²) in [4.78, 5) is 11.0. The lowest BCUT2D eigenvalue weighted by Gasteiger charge is -2.24. The number of nitrogens with one attached hydrogen (secondary N) is 1. The molecule has 3 nitrogen and oxygen atoms in total. The highest BCUT2D eigenvalue weighted by atomic mass is 19.1. The van der Waals surface area contributed by atoms with Crippen molar-refractivity contribution in [3.63, 3.8) is 0 Å². The Morgan fingerprint density at radius 1 is 1.47 bits per heavy atom. The Labute approximate surface area is 98.5 Å². The van der Waals surface area contributed by atoms with Crippen LogP contribution in [0.4, 0.5) is 8.78 Å². The summed E-state index contributed by atoms with van der Waals surface area (Å²) in [7, 11) is 0. The van der Waals surface area contributed by atoms with Crippen LogP contribution in [-0.4, -0.2) is 16.6 Å². The zero-order chi connectivity index (χ0) is 13.1. The third-order valence-corrected chi connectivity index (χ3v) is 2.86. The van der Waals surface area contributed by atoms with Crippen LogP contribution in [0.2, 0.25) is 0 Å². The largest absolute Gasteiger partial charge is 0.480 e. The van der Waals surface area contributed by atoms with Crippen molar-refractivity contribution >= 4 is 5.97 Å². The molecule has 0 aliphatic carbocycles. The number of hydrogen-bond acceptors (Lipinski definition) is 2. The lowest BCUT2D eigenvalue weighted by Crippen LogP contribution is -2.48. The number of halogens is 2. The SMILES string of the molecule is CCC(C)(NCc1cc(F)ccc1F)C(=O)O. The van der Waals surface area contributed by atoms with Crippen molar-refractivity contribution in [2.24, 2.45) is 0 Å². The summed E-state index contributed by atoms with van der Waals surface area (Å²) in [5, 5.41) is 11.7. The predicted molar refractivity (Wildman–Crippen MR) is 59.5 cm³/mol. The molecule has 1 aromatic rings. The molecule has 0 bridgehead atoms. The summed E-state index contributed by atoms with van der Waals surface area (Å²) in [6, 6.07) is 3.10. The van der Waals surface area contributed by atoms with Crippen molar-refractivity contribution in [2.75, 3.05) is 0 Å². The van der Waals surface area contributed by atoms with Crippen LogP contribution in [0.1, 0.15) is 25.8 Å². The summed E-state index contributed by atoms with van der Waals surface area (Å²) in [6.07, 6.45) is 0.346. The first-order chi connectivity index (χ1) is 7.89. The fraction of sp³-hybridized carbons (Fsp3) is 0.417. The number of rotatable bonds is 5. The van der Waals surface area contributed by atoms with Gasteiger partial charge >= 0.3 is 5.97 Å². The molecule has 1 aromatic carbocycles. The molecular formula is C12H15F2NO2. The number of carboxylic acids is 1. The van der Waals surface area contributed by atoms with Crippen LogP contribution < -0.4 is 5.32 Å². The maximum atomic E-state index is 13.3. The van der Waals surface area contributed by atoms with E-state index in [-0.39, 0.29) is 12.1 Å². The second kappa shape index (κ2) is 5.23. The monoisotopic (exact) mass is 243 g/mol. The molecule has 1 rings (SSSR count). The second-order valence-corrected chi connectivity index (χ2v) is 4.08. The van der Waals surface area contributed by atoms with Crippen molar-refractivity contribution < 1.29 is 18.7 Å². The molecule has 94 valence electrons. The van der Waals surface area contributed by atoms with E-state index >= 15 is 0 Å². The van der Waals surface area contributed by atoms with E-state index in [4.69, 9.17) is 5.11 Å². The van der Waals surface area contributed by atoms with Crippen molar-refractivity contribution in [1.82, 2.24) is 5.32 Å². The summed E-state index contributed by atoms with van der Waals surface area (Å²) >= 11 is 0. The topological polar surface area (TPSA) is 49.3 Å². The molecule has 0 fully saturated rings. The lowest BCUT2D eigenvalue weighted by molar-refractivity contribution is -0.144. The Hall–Kier alpha value is -1.49. The molecule has 0 radical (unpaired) electrons. The number of carbonyl (C=O) groups is 1. The van der Waals surface area contributed by atoms with Gasteiger partial charge in [0, 0.05) is 12.1 Å². The third-order valence-electron chi connectivity index (χ3n) is 2.86. The zero-order valence-electron chi connectivity index (χ0n) is 9.76. The molecule has 0 heterocycles. The summed E-state index contributed by atoms with van der Waals surface area (Å²) in [5.41, 5.74) is -1.02. The molecule has 0 aliphatic rings. The van der Waals surface area contributed by atoms with E-state index < -0.39 is 23.1 Å². The minimum Gasteiger partial charge on any atom is -0.480 e. The predicted octanol–water partition coefficient (Wildman–Crippen LogP) is 2.31. The van der Waals surface area contributed by atoms with Crippen LogP contribution in [0.25, 0.3) is 0 Å². The molecule has 0 amide bonds. The van der Waals surface area contributed by atoms with Gasteiger partial charge in [-0.05, 0) is 31.5 Å². The van der Waals surface area contributed by atoms with Crippen molar-refractivity contribution in [3.05, 3.63) is 35.4 Å². The first kappa shape index (κ1) is 13.6. The van der Waals surface area contributed by atoms with Crippen molar-refractivity contribution in [3.8, 4) is 0 Å². The Balaban J connectivity index is 2.79. The van der Waals surface area contributed by atoms with Crippen LogP contribution in [0.15, 0.2) is 18.2 Å². The normalized spacial score (nSPS) is 14.4. The van der Waals surface area contributed by atoms with Crippen LogP contribution in [0, 0.1) is 11.6 Å². The van der Waals surface area contributed by atoms with Crippen molar-refractivity contribution in [1.29, 1.82) is 0 Å². The molecule has 17 heavy (non-hydrogen) atoms. The first-order valence-electron chi connectivity index (χ1n) is 5.31. The standard InChI is InChI=1S/C12H15F2NO2/c1-3-12(2,11(16)17)15-7-8-6-9(13)4-5-10(8)14/h4-6,15H,3,7H2,1-2H3,(H,16,17). The molecule has 1 atom stereocenters. The van der Waals surface area contributed by atoms with Gasteiger partial charge in [-0.1, -0.05) is 6.92 Å². The average molecular weight is 243 g/mol. The van der Waals surface area contributed by atoms with Gasteiger partial charge in [-0.3, -0.25) is 10.1 Å². The van der Waals surface area contributed by atoms with Crippen LogP contribution >= 0.6 is 0 Å². The van der Waals surface area contributed by atoms with E-state index in [1.807, 2.05) is 0 Å². The van der Waals surface area contributed by atoms with Crippen molar-refractivity contribution in [2.45, 2.75) is 32.4 Å². The summed E-state index contributed by atoms with van der Waals surface area (Å²) in [5.74, 6) is -2.11. The minimum absolute atomic E-state index is 0.0275. The Morgan fingerprint density at radius 3 is 2.65 bits per heavy atom. The minimum atomic E-state index is -1.14. The van der Waals surface area contributed by atoms with E-state index in [0.29, 0.717) is 6.42 Å². The van der Waals surface area contributed by atoms with Gasteiger partial charge in [0.05, 0.1) is 0 Å². The van der Waals surface area contributed by atoms with Gasteiger partial charge in [0.2, 0.25) is 0 Å². The Bertz CT molecular complexity index is 423. The number of benzene rings is 1. The van der Waals surface area contributed by atoms with Crippen LogP contribution in [0.5, 0.6) is 0 Å². The van der Waals surface area contributed by atoms with E-state index in [0.717, 1.165) is 18.2 Å². The number of carboxylic acid groups (broad SMARTS) is 1. The Morgan fingerprint density at radius 2 is 2.12 bits per heavy atom. The molecule has 1 unspecified atom stereocenters. The van der Waals surface area contributed by atoms with E-state index in [1.165, 1.54) is 6.92 Å². The van der Waals surface area contributed by atoms with E-state index in [2.05, 4.69) is 5.32 Å². The molecule has 5 heteroatoms. The van der Waals surface area contributed by atoms with Gasteiger partial charge in [0.1, 0.15) is 17.2 Å². The quantitative estimate of drug-likeness (QED) is 0.834. The molecule has 0 aliphatic heterocycles. The maximum absolute atomic E-state index is 13.3. The molecule has 0 saturated heterocycles. The van der Waals surface area contributed by atoms with Gasteiger partial charge in [0.15, 0.2) is 0 Å². The summed E-state index contributed by atoms with van der Waals surface area (Å²) in [6.45, 7) is 3.19. The molecule has 2 N–H and O–H groups in total. The zero-order valence-corrected chi connectivity index (χ0v) is 9.76. The van der Waals surface area contributed by atoms with E-state index in [9.17, 15) is 13.6 Å². The van der Waals surface area contributed by atoms with Gasteiger partial charge in [-0.2, -0.15) is 0 Å². The maximum Gasteiger partial charge on any atom is 0.323 e. The highest BCUT2D eigenvalue weighted by Crippen LogP contribution is 2.14. The van der Waals surface area contributed by atoms with Gasteiger partial charge < -0.3 is 5.11 Å². The van der Waals surface area contributed by atoms with Crippen LogP contribution in [-0.2, 0) is 11.3 Å². The average Bonchev–Trinajstić information content (AvgIpc) is 2.29. The van der Waals surface area contributed by atoms with Gasteiger partial charge in [0.25, 0.3) is 0 Å². The number of hydrogen-bond donors (Lipinski definition) is 2. The second-order valence-electron chi connectivity index (χ2n) is 4.08. The first-order valence-corrected chi connectivity index (χ1v) is 5.31. The molecular weight excluding hydrogens is 228 g/mol. The molecule has 0 saturated carbocycles. The fourth-order valence-corrected chi connectivity index (χ4v) is 1.32. The number of aliphatic carboxylic acids is 1. The fourth-order valence-electron chi connectivity index (χ4n) is 1.32. The molecule has 0 aromatic heterocycles. The Kier molecular flexibility index (Phi) is 4.17. The molecule has 0 spiro atoms. The van der Waals surface area contributed by atoms with E-state index in [1.54, 1.807) is 6.92 Å². The van der Waals surface area contributed by atoms with Gasteiger partial charge in [-0.15, -0.1) is 0 Å². The highest BCUT2D eigenvalue weighted by molar-refractivity contribution is 5.78. The summed E-state index contributed by atoms with van der Waals surface area (Å²) < 4.78 is 26.2. The highest BCUT2D eigenvalue weighted by Gasteiger charge is 2.30. The van der Waals surface area contributed by atoms with Crippen LogP contribution in [0.3, 0.4) is 0 Å². The van der Waals surface area contributed by atoms with Gasteiger partial charge in [-0.25, -0.2) is 8.78 Å². The third kappa shape index (κ3) is 3.23. The lowest BCUT2D eigenvalue weighted by atomic mass is 9.99. The smallest absolute Gasteiger partial charge is 0.323 e.